The van der Waals surface area contributed by atoms with Crippen LogP contribution in [0.15, 0.2) is 21.5 Å². The van der Waals surface area contributed by atoms with Gasteiger partial charge in [0.25, 0.3) is 0 Å². The summed E-state index contributed by atoms with van der Waals surface area (Å²) in [6, 6.07) is 3.05. The molecule has 0 saturated heterocycles. The van der Waals surface area contributed by atoms with Crippen molar-refractivity contribution in [2.45, 2.75) is 11.8 Å². The number of hydrogen-bond acceptors (Lipinski definition) is 3. The smallest absolute Gasteiger partial charge is 0.175 e. The van der Waals surface area contributed by atoms with E-state index in [0.717, 1.165) is 6.26 Å². The zero-order valence-corrected chi connectivity index (χ0v) is 10.1. The van der Waals surface area contributed by atoms with Crippen LogP contribution in [0.5, 0.6) is 0 Å². The number of aldehydes is 1. The van der Waals surface area contributed by atoms with Crippen LogP contribution in [0.2, 0.25) is 0 Å². The van der Waals surface area contributed by atoms with Gasteiger partial charge >= 0.3 is 0 Å². The summed E-state index contributed by atoms with van der Waals surface area (Å²) in [6.45, 7) is 1.62. The lowest BCUT2D eigenvalue weighted by molar-refractivity contribution is 0.112. The van der Waals surface area contributed by atoms with Gasteiger partial charge < -0.3 is 0 Å². The third-order valence-corrected chi connectivity index (χ3v) is 3.86. The minimum Gasteiger partial charge on any atom is -0.298 e. The Kier molecular flexibility index (Phi) is 3.11. The molecule has 1 aromatic rings. The van der Waals surface area contributed by atoms with E-state index in [4.69, 9.17) is 0 Å². The van der Waals surface area contributed by atoms with E-state index in [1.54, 1.807) is 13.0 Å². The predicted octanol–water partition coefficient (Wildman–Crippen LogP) is 1.97. The fourth-order valence-corrected chi connectivity index (χ4v) is 2.73. The molecule has 1 aromatic carbocycles. The molecule has 76 valence electrons. The molecule has 0 radical (unpaired) electrons. The molecule has 1 rings (SSSR count). The van der Waals surface area contributed by atoms with Crippen molar-refractivity contribution in [1.29, 1.82) is 0 Å². The van der Waals surface area contributed by atoms with Crippen LogP contribution in [-0.4, -0.2) is 21.0 Å². The predicted molar refractivity (Wildman–Crippen MR) is 57.4 cm³/mol. The highest BCUT2D eigenvalue weighted by molar-refractivity contribution is 9.10. The Bertz CT molecular complexity index is 477. The number of carbonyl (C=O) groups excluding carboxylic acids is 1. The molecule has 0 atom stereocenters. The Morgan fingerprint density at radius 2 is 1.93 bits per heavy atom. The van der Waals surface area contributed by atoms with Crippen LogP contribution in [0.1, 0.15) is 15.9 Å². The molecule has 0 unspecified atom stereocenters. The maximum absolute atomic E-state index is 11.3. The summed E-state index contributed by atoms with van der Waals surface area (Å²) in [7, 11) is -3.26. The van der Waals surface area contributed by atoms with Gasteiger partial charge in [-0.15, -0.1) is 0 Å². The average molecular weight is 277 g/mol. The lowest BCUT2D eigenvalue weighted by Crippen LogP contribution is -2.02. The minimum atomic E-state index is -3.26. The standard InChI is InChI=1S/C9H9BrO3S/c1-6-7(5-11)8(10)3-4-9(6)14(2,12)13/h3-5H,1-2H3. The van der Waals surface area contributed by atoms with E-state index in [1.165, 1.54) is 6.07 Å². The lowest BCUT2D eigenvalue weighted by atomic mass is 10.1. The molecule has 0 heterocycles. The number of benzene rings is 1. The van der Waals surface area contributed by atoms with Crippen LogP contribution >= 0.6 is 15.9 Å². The topological polar surface area (TPSA) is 51.2 Å². The molecule has 0 N–H and O–H groups in total. The fourth-order valence-electron chi connectivity index (χ4n) is 1.22. The van der Waals surface area contributed by atoms with E-state index in [0.29, 0.717) is 21.9 Å². The van der Waals surface area contributed by atoms with Crippen molar-refractivity contribution in [3.8, 4) is 0 Å². The normalized spacial score (nSPS) is 11.4. The van der Waals surface area contributed by atoms with Gasteiger partial charge in [0, 0.05) is 16.3 Å². The maximum atomic E-state index is 11.3. The van der Waals surface area contributed by atoms with E-state index in [-0.39, 0.29) is 4.90 Å². The molecule has 0 aromatic heterocycles. The molecular weight excluding hydrogens is 268 g/mol. The quantitative estimate of drug-likeness (QED) is 0.777. The first kappa shape index (κ1) is 11.4. The molecule has 0 saturated carbocycles. The second-order valence-corrected chi connectivity index (χ2v) is 5.81. The van der Waals surface area contributed by atoms with E-state index >= 15 is 0 Å². The first-order chi connectivity index (χ1) is 6.38. The number of halogens is 1. The Morgan fingerprint density at radius 3 is 2.36 bits per heavy atom. The summed E-state index contributed by atoms with van der Waals surface area (Å²) in [5.41, 5.74) is 0.866. The molecule has 0 aliphatic rings. The van der Waals surface area contributed by atoms with Crippen molar-refractivity contribution in [2.75, 3.05) is 6.26 Å². The molecular formula is C9H9BrO3S. The first-order valence-corrected chi connectivity index (χ1v) is 6.50. The van der Waals surface area contributed by atoms with Crippen LogP contribution in [0.4, 0.5) is 0 Å². The Hall–Kier alpha value is -0.680. The van der Waals surface area contributed by atoms with Crippen LogP contribution in [0.3, 0.4) is 0 Å². The summed E-state index contributed by atoms with van der Waals surface area (Å²) < 4.78 is 23.2. The largest absolute Gasteiger partial charge is 0.298 e. The third kappa shape index (κ3) is 2.04. The summed E-state index contributed by atoms with van der Waals surface area (Å²) in [5.74, 6) is 0. The van der Waals surface area contributed by atoms with Crippen molar-refractivity contribution in [1.82, 2.24) is 0 Å². The molecule has 0 bridgehead atoms. The van der Waals surface area contributed by atoms with Crippen LogP contribution < -0.4 is 0 Å². The van der Waals surface area contributed by atoms with Gasteiger partial charge in [-0.05, 0) is 24.6 Å². The Labute approximate surface area is 91.2 Å². The number of rotatable bonds is 2. The van der Waals surface area contributed by atoms with Crippen molar-refractivity contribution in [3.05, 3.63) is 27.7 Å². The monoisotopic (exact) mass is 276 g/mol. The zero-order valence-electron chi connectivity index (χ0n) is 7.74. The van der Waals surface area contributed by atoms with Gasteiger partial charge in [-0.3, -0.25) is 4.79 Å². The molecule has 5 heteroatoms. The summed E-state index contributed by atoms with van der Waals surface area (Å²) in [5, 5.41) is 0. The summed E-state index contributed by atoms with van der Waals surface area (Å²) >= 11 is 3.18. The lowest BCUT2D eigenvalue weighted by Gasteiger charge is -2.07. The second-order valence-electron chi connectivity index (χ2n) is 2.97. The minimum absolute atomic E-state index is 0.197. The van der Waals surface area contributed by atoms with Crippen molar-refractivity contribution < 1.29 is 13.2 Å². The third-order valence-electron chi connectivity index (χ3n) is 1.93. The van der Waals surface area contributed by atoms with Gasteiger partial charge in [-0.1, -0.05) is 15.9 Å². The van der Waals surface area contributed by atoms with E-state index in [1.807, 2.05) is 0 Å². The second kappa shape index (κ2) is 3.82. The fraction of sp³-hybridized carbons (Fsp3) is 0.222. The van der Waals surface area contributed by atoms with E-state index < -0.39 is 9.84 Å². The van der Waals surface area contributed by atoms with Crippen LogP contribution in [-0.2, 0) is 9.84 Å². The van der Waals surface area contributed by atoms with Crippen LogP contribution in [0, 0.1) is 6.92 Å². The van der Waals surface area contributed by atoms with Gasteiger partial charge in [0.2, 0.25) is 0 Å². The molecule has 3 nitrogen and oxygen atoms in total. The molecule has 0 aliphatic heterocycles. The highest BCUT2D eigenvalue weighted by Crippen LogP contribution is 2.24. The zero-order chi connectivity index (χ0) is 10.9. The van der Waals surface area contributed by atoms with Gasteiger partial charge in [-0.2, -0.15) is 0 Å². The molecule has 0 fully saturated rings. The van der Waals surface area contributed by atoms with Crippen molar-refractivity contribution in [3.63, 3.8) is 0 Å². The van der Waals surface area contributed by atoms with Crippen molar-refractivity contribution >= 4 is 32.1 Å². The highest BCUT2D eigenvalue weighted by atomic mass is 79.9. The van der Waals surface area contributed by atoms with Crippen molar-refractivity contribution in [2.24, 2.45) is 0 Å². The molecule has 0 aliphatic carbocycles. The van der Waals surface area contributed by atoms with Gasteiger partial charge in [-0.25, -0.2) is 8.42 Å². The average Bonchev–Trinajstić information content (AvgIpc) is 2.02. The Balaban J connectivity index is 3.60. The summed E-state index contributed by atoms with van der Waals surface area (Å²) in [6.07, 6.45) is 1.77. The first-order valence-electron chi connectivity index (χ1n) is 3.82. The number of hydrogen-bond donors (Lipinski definition) is 0. The van der Waals surface area contributed by atoms with E-state index in [9.17, 15) is 13.2 Å². The molecule has 14 heavy (non-hydrogen) atoms. The van der Waals surface area contributed by atoms with Gasteiger partial charge in [0.15, 0.2) is 16.1 Å². The number of sulfone groups is 1. The SMILES string of the molecule is Cc1c(S(C)(=O)=O)ccc(Br)c1C=O. The highest BCUT2D eigenvalue weighted by Gasteiger charge is 2.14. The maximum Gasteiger partial charge on any atom is 0.175 e. The van der Waals surface area contributed by atoms with E-state index in [2.05, 4.69) is 15.9 Å². The van der Waals surface area contributed by atoms with Gasteiger partial charge in [0.05, 0.1) is 4.90 Å². The molecule has 0 amide bonds. The van der Waals surface area contributed by atoms with Crippen LogP contribution in [0.25, 0.3) is 0 Å². The molecule has 0 spiro atoms. The Morgan fingerprint density at radius 1 is 1.36 bits per heavy atom. The number of carbonyl (C=O) groups is 1. The summed E-state index contributed by atoms with van der Waals surface area (Å²) in [4.78, 5) is 10.9. The van der Waals surface area contributed by atoms with Gasteiger partial charge in [0.1, 0.15) is 0 Å².